The molecule has 0 bridgehead atoms. The fraction of sp³-hybridized carbons (Fsp3) is 0. The molecule has 9 aromatic rings. The van der Waals surface area contributed by atoms with E-state index in [0.717, 1.165) is 76.8 Å². The molecule has 0 unspecified atom stereocenters. The average molecular weight is 673 g/mol. The standard InChI is InChI=1S/C47H33N2OP/c50-51(40-23-9-3-10-24-40,41-25-11-4-12-26-41)42-30-28-34(29-31-42)37-21-15-22-39(32-37)49-47-43-27-14-13-20-38(43)33-44(35-16-5-1-6-17-35)45(47)46(48-49)36-18-7-2-8-19-36/h1-33H. The molecule has 0 saturated carbocycles. The summed E-state index contributed by atoms with van der Waals surface area (Å²) in [7, 11) is -3.07. The second-order valence-electron chi connectivity index (χ2n) is 12.7. The maximum Gasteiger partial charge on any atom is 0.171 e. The molecule has 0 fully saturated rings. The van der Waals surface area contributed by atoms with Gasteiger partial charge in [0.05, 0.1) is 11.2 Å². The summed E-state index contributed by atoms with van der Waals surface area (Å²) in [6.07, 6.45) is 0. The van der Waals surface area contributed by atoms with Crippen LogP contribution in [0.2, 0.25) is 0 Å². The Morgan fingerprint density at radius 3 is 1.61 bits per heavy atom. The van der Waals surface area contributed by atoms with Crippen molar-refractivity contribution < 1.29 is 4.57 Å². The number of benzene rings is 8. The van der Waals surface area contributed by atoms with E-state index in [4.69, 9.17) is 5.10 Å². The van der Waals surface area contributed by atoms with Crippen molar-refractivity contribution in [2.75, 3.05) is 0 Å². The maximum absolute atomic E-state index is 15.0. The Balaban J connectivity index is 1.21. The van der Waals surface area contributed by atoms with Gasteiger partial charge in [0, 0.05) is 32.2 Å². The van der Waals surface area contributed by atoms with Crippen molar-refractivity contribution in [1.82, 2.24) is 9.78 Å². The second kappa shape index (κ2) is 12.9. The SMILES string of the molecule is O=P(c1ccccc1)(c1ccccc1)c1ccc(-c2cccc(-n3nc(-c4ccccc4)c4c(-c5ccccc5)cc5ccccc5c43)c2)cc1. The van der Waals surface area contributed by atoms with Crippen LogP contribution in [0.1, 0.15) is 0 Å². The molecule has 0 aliphatic rings. The van der Waals surface area contributed by atoms with Gasteiger partial charge in [0.2, 0.25) is 0 Å². The van der Waals surface area contributed by atoms with Gasteiger partial charge in [0.15, 0.2) is 7.14 Å². The lowest BCUT2D eigenvalue weighted by molar-refractivity contribution is 0.592. The molecule has 4 heteroatoms. The monoisotopic (exact) mass is 672 g/mol. The van der Waals surface area contributed by atoms with Gasteiger partial charge in [-0.3, -0.25) is 0 Å². The van der Waals surface area contributed by atoms with Crippen molar-refractivity contribution in [3.8, 4) is 39.2 Å². The molecule has 1 aromatic heterocycles. The van der Waals surface area contributed by atoms with Crippen LogP contribution in [0, 0.1) is 0 Å². The van der Waals surface area contributed by atoms with E-state index in [2.05, 4.69) is 126 Å². The normalized spacial score (nSPS) is 11.6. The van der Waals surface area contributed by atoms with Gasteiger partial charge < -0.3 is 4.57 Å². The largest absolute Gasteiger partial charge is 0.309 e. The lowest BCUT2D eigenvalue weighted by Gasteiger charge is -2.20. The molecule has 8 aromatic carbocycles. The number of rotatable bonds is 7. The third-order valence-electron chi connectivity index (χ3n) is 9.70. The first-order valence-electron chi connectivity index (χ1n) is 17.2. The highest BCUT2D eigenvalue weighted by Gasteiger charge is 2.29. The zero-order valence-electron chi connectivity index (χ0n) is 27.8. The average Bonchev–Trinajstić information content (AvgIpc) is 3.63. The topological polar surface area (TPSA) is 34.9 Å². The van der Waals surface area contributed by atoms with Crippen LogP contribution in [-0.4, -0.2) is 9.78 Å². The molecule has 0 N–H and O–H groups in total. The Morgan fingerprint density at radius 2 is 0.961 bits per heavy atom. The highest BCUT2D eigenvalue weighted by molar-refractivity contribution is 7.85. The third-order valence-corrected chi connectivity index (χ3v) is 12.8. The molecule has 0 aliphatic heterocycles. The lowest BCUT2D eigenvalue weighted by Crippen LogP contribution is -2.24. The van der Waals surface area contributed by atoms with Gasteiger partial charge in [0.1, 0.15) is 5.69 Å². The summed E-state index contributed by atoms with van der Waals surface area (Å²) in [5, 5.41) is 11.3. The lowest BCUT2D eigenvalue weighted by atomic mass is 9.94. The van der Waals surface area contributed by atoms with Crippen molar-refractivity contribution in [3.63, 3.8) is 0 Å². The number of hydrogen-bond donors (Lipinski definition) is 0. The minimum absolute atomic E-state index is 0.810. The number of aromatic nitrogens is 2. The zero-order chi connectivity index (χ0) is 34.2. The van der Waals surface area contributed by atoms with Crippen molar-refractivity contribution in [2.24, 2.45) is 0 Å². The highest BCUT2D eigenvalue weighted by Crippen LogP contribution is 2.44. The molecular weight excluding hydrogens is 640 g/mol. The summed E-state index contributed by atoms with van der Waals surface area (Å²) < 4.78 is 17.1. The molecule has 9 rings (SSSR count). The summed E-state index contributed by atoms with van der Waals surface area (Å²) in [5.41, 5.74) is 8.47. The predicted molar refractivity (Wildman–Crippen MR) is 214 cm³/mol. The number of nitrogens with zero attached hydrogens (tertiary/aromatic N) is 2. The van der Waals surface area contributed by atoms with E-state index in [0.29, 0.717) is 0 Å². The zero-order valence-corrected chi connectivity index (χ0v) is 28.7. The molecule has 0 atom stereocenters. The Kier molecular flexibility index (Phi) is 7.76. The van der Waals surface area contributed by atoms with Crippen LogP contribution in [0.5, 0.6) is 0 Å². The van der Waals surface area contributed by atoms with Gasteiger partial charge in [-0.15, -0.1) is 0 Å². The molecule has 0 saturated heterocycles. The first kappa shape index (κ1) is 30.8. The van der Waals surface area contributed by atoms with Gasteiger partial charge >= 0.3 is 0 Å². The Morgan fingerprint density at radius 1 is 0.431 bits per heavy atom. The van der Waals surface area contributed by atoms with Crippen LogP contribution in [0.15, 0.2) is 200 Å². The number of fused-ring (bicyclic) bond motifs is 3. The van der Waals surface area contributed by atoms with E-state index in [9.17, 15) is 4.57 Å². The van der Waals surface area contributed by atoms with Crippen LogP contribution >= 0.6 is 7.14 Å². The first-order valence-corrected chi connectivity index (χ1v) is 18.9. The predicted octanol–water partition coefficient (Wildman–Crippen LogP) is 10.8. The quantitative estimate of drug-likeness (QED) is 0.158. The van der Waals surface area contributed by atoms with Crippen LogP contribution < -0.4 is 15.9 Å². The van der Waals surface area contributed by atoms with Gasteiger partial charge in [-0.05, 0) is 45.8 Å². The molecule has 0 amide bonds. The van der Waals surface area contributed by atoms with Crippen LogP contribution in [-0.2, 0) is 4.57 Å². The van der Waals surface area contributed by atoms with E-state index < -0.39 is 7.14 Å². The Bertz CT molecular complexity index is 2640. The molecule has 51 heavy (non-hydrogen) atoms. The highest BCUT2D eigenvalue weighted by atomic mass is 31.2. The van der Waals surface area contributed by atoms with Gasteiger partial charge in [-0.25, -0.2) is 4.68 Å². The van der Waals surface area contributed by atoms with Crippen LogP contribution in [0.3, 0.4) is 0 Å². The Labute approximate surface area is 297 Å². The second-order valence-corrected chi connectivity index (χ2v) is 15.5. The summed E-state index contributed by atoms with van der Waals surface area (Å²) in [6, 6.07) is 68.3. The van der Waals surface area contributed by atoms with E-state index in [-0.39, 0.29) is 0 Å². The van der Waals surface area contributed by atoms with Crippen LogP contribution in [0.4, 0.5) is 0 Å². The van der Waals surface area contributed by atoms with Crippen molar-refractivity contribution in [3.05, 3.63) is 200 Å². The molecule has 1 heterocycles. The Hall–Kier alpha value is -6.28. The van der Waals surface area contributed by atoms with Gasteiger partial charge in [-0.1, -0.05) is 182 Å². The van der Waals surface area contributed by atoms with Crippen LogP contribution in [0.25, 0.3) is 60.9 Å². The molecule has 0 radical (unpaired) electrons. The van der Waals surface area contributed by atoms with E-state index in [1.54, 1.807) is 0 Å². The fourth-order valence-electron chi connectivity index (χ4n) is 7.22. The van der Waals surface area contributed by atoms with E-state index in [1.165, 1.54) is 0 Å². The van der Waals surface area contributed by atoms with Crippen molar-refractivity contribution in [1.29, 1.82) is 0 Å². The molecule has 242 valence electrons. The summed E-state index contributed by atoms with van der Waals surface area (Å²) in [4.78, 5) is 0. The fourth-order valence-corrected chi connectivity index (χ4v) is 9.87. The van der Waals surface area contributed by atoms with Crippen molar-refractivity contribution in [2.45, 2.75) is 0 Å². The maximum atomic E-state index is 15.0. The third kappa shape index (κ3) is 5.40. The minimum Gasteiger partial charge on any atom is -0.309 e. The summed E-state index contributed by atoms with van der Waals surface area (Å²) in [5.74, 6) is 0. The molecule has 0 spiro atoms. The van der Waals surface area contributed by atoms with E-state index >= 15 is 0 Å². The smallest absolute Gasteiger partial charge is 0.171 e. The number of hydrogen-bond acceptors (Lipinski definition) is 2. The van der Waals surface area contributed by atoms with Gasteiger partial charge in [0.25, 0.3) is 0 Å². The molecular formula is C47H33N2OP. The molecule has 0 aliphatic carbocycles. The van der Waals surface area contributed by atoms with E-state index in [1.807, 2.05) is 78.9 Å². The summed E-state index contributed by atoms with van der Waals surface area (Å²) in [6.45, 7) is 0. The summed E-state index contributed by atoms with van der Waals surface area (Å²) >= 11 is 0. The molecule has 3 nitrogen and oxygen atoms in total. The van der Waals surface area contributed by atoms with Gasteiger partial charge in [-0.2, -0.15) is 5.10 Å². The first-order chi connectivity index (χ1) is 25.2. The minimum atomic E-state index is -3.07. The van der Waals surface area contributed by atoms with Crippen molar-refractivity contribution >= 4 is 44.7 Å².